The van der Waals surface area contributed by atoms with Crippen LogP contribution in [0.5, 0.6) is 0 Å². The average molecular weight is 403 g/mol. The van der Waals surface area contributed by atoms with E-state index in [1.165, 1.54) is 18.4 Å². The molecule has 0 bridgehead atoms. The lowest BCUT2D eigenvalue weighted by Gasteiger charge is -2.12. The van der Waals surface area contributed by atoms with Gasteiger partial charge in [-0.15, -0.1) is 0 Å². The van der Waals surface area contributed by atoms with Crippen molar-refractivity contribution in [3.8, 4) is 0 Å². The van der Waals surface area contributed by atoms with Gasteiger partial charge in [0.2, 0.25) is 5.91 Å². The molecule has 6 nitrogen and oxygen atoms in total. The van der Waals surface area contributed by atoms with E-state index in [9.17, 15) is 14.4 Å². The number of carbonyl (C=O) groups excluding carboxylic acids is 3. The molecule has 8 heteroatoms. The summed E-state index contributed by atoms with van der Waals surface area (Å²) in [6, 6.07) is 10.5. The minimum absolute atomic E-state index is 0.0882. The van der Waals surface area contributed by atoms with Crippen molar-refractivity contribution in [2.45, 2.75) is 0 Å². The molecule has 0 radical (unpaired) electrons. The molecule has 0 atom stereocenters. The molecule has 1 saturated heterocycles. The van der Waals surface area contributed by atoms with Crippen LogP contribution in [-0.2, 0) is 9.59 Å². The van der Waals surface area contributed by atoms with Gasteiger partial charge in [0.1, 0.15) is 5.76 Å². The standard InChI is InChI=1S/C19H15ClN2O4S/c20-15-6-2-1-4-13(15)12-16-18(24)22(19(25)27-16)10-9-21-17(23)8-7-14-5-3-11-26-14/h1-8,11-12H,9-10H2,(H,21,23)/b8-7+,16-12-. The van der Waals surface area contributed by atoms with E-state index in [2.05, 4.69) is 5.32 Å². The third-order valence-electron chi connectivity index (χ3n) is 3.64. The predicted molar refractivity (Wildman–Crippen MR) is 105 cm³/mol. The first kappa shape index (κ1) is 19.0. The highest BCUT2D eigenvalue weighted by Gasteiger charge is 2.34. The zero-order valence-electron chi connectivity index (χ0n) is 14.1. The Labute approximate surface area is 164 Å². The molecule has 1 aromatic carbocycles. The van der Waals surface area contributed by atoms with Gasteiger partial charge in [-0.05, 0) is 47.7 Å². The summed E-state index contributed by atoms with van der Waals surface area (Å²) in [5.74, 6) is -0.184. The number of amides is 3. The second kappa shape index (κ2) is 8.75. The summed E-state index contributed by atoms with van der Waals surface area (Å²) < 4.78 is 5.08. The van der Waals surface area contributed by atoms with Crippen LogP contribution in [0.3, 0.4) is 0 Å². The van der Waals surface area contributed by atoms with E-state index >= 15 is 0 Å². The third-order valence-corrected chi connectivity index (χ3v) is 4.89. The van der Waals surface area contributed by atoms with Gasteiger partial charge >= 0.3 is 0 Å². The van der Waals surface area contributed by atoms with E-state index in [1.807, 2.05) is 0 Å². The van der Waals surface area contributed by atoms with E-state index in [0.29, 0.717) is 21.3 Å². The van der Waals surface area contributed by atoms with Crippen LogP contribution in [0, 0.1) is 0 Å². The Morgan fingerprint density at radius 2 is 2.04 bits per heavy atom. The molecular weight excluding hydrogens is 388 g/mol. The minimum atomic E-state index is -0.398. The molecule has 3 amide bonds. The topological polar surface area (TPSA) is 79.6 Å². The second-order valence-electron chi connectivity index (χ2n) is 5.49. The molecule has 138 valence electrons. The van der Waals surface area contributed by atoms with Gasteiger partial charge in [-0.3, -0.25) is 19.3 Å². The Morgan fingerprint density at radius 1 is 1.22 bits per heavy atom. The zero-order chi connectivity index (χ0) is 19.2. The Kier molecular flexibility index (Phi) is 6.16. The quantitative estimate of drug-likeness (QED) is 0.743. The van der Waals surface area contributed by atoms with Crippen molar-refractivity contribution >= 4 is 52.6 Å². The molecule has 3 rings (SSSR count). The SMILES string of the molecule is O=C(/C=C/c1ccco1)NCCN1C(=O)S/C(=C\c2ccccc2Cl)C1=O. The van der Waals surface area contributed by atoms with Crippen LogP contribution >= 0.6 is 23.4 Å². The number of halogens is 1. The van der Waals surface area contributed by atoms with Crippen molar-refractivity contribution in [2.75, 3.05) is 13.1 Å². The number of rotatable bonds is 6. The van der Waals surface area contributed by atoms with Gasteiger partial charge in [0.05, 0.1) is 11.2 Å². The molecule has 0 aliphatic carbocycles. The molecule has 27 heavy (non-hydrogen) atoms. The number of furan rings is 1. The van der Waals surface area contributed by atoms with Gasteiger partial charge in [0, 0.05) is 24.2 Å². The van der Waals surface area contributed by atoms with Gasteiger partial charge in [-0.2, -0.15) is 0 Å². The van der Waals surface area contributed by atoms with Crippen LogP contribution in [0.1, 0.15) is 11.3 Å². The van der Waals surface area contributed by atoms with Crippen molar-refractivity contribution in [1.29, 1.82) is 0 Å². The Morgan fingerprint density at radius 3 is 2.78 bits per heavy atom. The maximum atomic E-state index is 12.4. The van der Waals surface area contributed by atoms with E-state index < -0.39 is 5.91 Å². The van der Waals surface area contributed by atoms with Crippen LogP contribution in [0.25, 0.3) is 12.2 Å². The smallest absolute Gasteiger partial charge is 0.293 e. The monoisotopic (exact) mass is 402 g/mol. The Hall–Kier alpha value is -2.77. The first-order valence-corrected chi connectivity index (χ1v) is 9.23. The third kappa shape index (κ3) is 4.90. The molecule has 1 aliphatic heterocycles. The van der Waals surface area contributed by atoms with E-state index in [0.717, 1.165) is 16.7 Å². The van der Waals surface area contributed by atoms with Crippen LogP contribution < -0.4 is 5.32 Å². The van der Waals surface area contributed by atoms with Gasteiger partial charge in [0.25, 0.3) is 11.1 Å². The molecule has 1 fully saturated rings. The molecule has 1 aromatic heterocycles. The largest absolute Gasteiger partial charge is 0.465 e. The second-order valence-corrected chi connectivity index (χ2v) is 6.90. The summed E-state index contributed by atoms with van der Waals surface area (Å²) in [5.41, 5.74) is 0.668. The van der Waals surface area contributed by atoms with Crippen molar-refractivity contribution in [1.82, 2.24) is 10.2 Å². The van der Waals surface area contributed by atoms with Crippen LogP contribution in [0.15, 0.2) is 58.1 Å². The van der Waals surface area contributed by atoms with E-state index in [1.54, 1.807) is 42.5 Å². The fraction of sp³-hybridized carbons (Fsp3) is 0.105. The maximum absolute atomic E-state index is 12.4. The number of imide groups is 1. The molecule has 2 aromatic rings. The fourth-order valence-corrected chi connectivity index (χ4v) is 3.37. The van der Waals surface area contributed by atoms with Crippen LogP contribution in [0.4, 0.5) is 4.79 Å². The summed E-state index contributed by atoms with van der Waals surface area (Å²) in [5, 5.41) is 2.75. The number of thioether (sulfide) groups is 1. The maximum Gasteiger partial charge on any atom is 0.293 e. The molecule has 0 spiro atoms. The first-order valence-electron chi connectivity index (χ1n) is 8.04. The van der Waals surface area contributed by atoms with Crippen molar-refractivity contribution in [3.63, 3.8) is 0 Å². The average Bonchev–Trinajstić information content (AvgIpc) is 3.25. The number of nitrogens with one attached hydrogen (secondary N) is 1. The van der Waals surface area contributed by atoms with Crippen molar-refractivity contribution < 1.29 is 18.8 Å². The minimum Gasteiger partial charge on any atom is -0.465 e. The molecule has 1 aliphatic rings. The molecular formula is C19H15ClN2O4S. The van der Waals surface area contributed by atoms with Gasteiger partial charge in [-0.1, -0.05) is 29.8 Å². The van der Waals surface area contributed by atoms with E-state index in [4.69, 9.17) is 16.0 Å². The van der Waals surface area contributed by atoms with E-state index in [-0.39, 0.29) is 24.2 Å². The summed E-state index contributed by atoms with van der Waals surface area (Å²) in [6.45, 7) is 0.240. The lowest BCUT2D eigenvalue weighted by molar-refractivity contribution is -0.123. The lowest BCUT2D eigenvalue weighted by atomic mass is 10.2. The fourth-order valence-electron chi connectivity index (χ4n) is 2.32. The zero-order valence-corrected chi connectivity index (χ0v) is 15.6. The number of benzene rings is 1. The normalized spacial score (nSPS) is 15.9. The first-order chi connectivity index (χ1) is 13.0. The van der Waals surface area contributed by atoms with Crippen molar-refractivity contribution in [2.24, 2.45) is 0 Å². The highest BCUT2D eigenvalue weighted by molar-refractivity contribution is 8.18. The summed E-state index contributed by atoms with van der Waals surface area (Å²) in [7, 11) is 0. The highest BCUT2D eigenvalue weighted by atomic mass is 35.5. The summed E-state index contributed by atoms with van der Waals surface area (Å²) in [4.78, 5) is 37.7. The van der Waals surface area contributed by atoms with Gasteiger partial charge in [0.15, 0.2) is 0 Å². The van der Waals surface area contributed by atoms with Crippen LogP contribution in [-0.4, -0.2) is 35.0 Å². The molecule has 2 heterocycles. The van der Waals surface area contributed by atoms with Crippen LogP contribution in [0.2, 0.25) is 5.02 Å². The number of hydrogen-bond acceptors (Lipinski definition) is 5. The number of carbonyl (C=O) groups is 3. The number of hydrogen-bond donors (Lipinski definition) is 1. The Bertz CT molecular complexity index is 922. The predicted octanol–water partition coefficient (Wildman–Crippen LogP) is 3.80. The summed E-state index contributed by atoms with van der Waals surface area (Å²) >= 11 is 6.94. The van der Waals surface area contributed by atoms with Crippen molar-refractivity contribution in [3.05, 3.63) is 70.0 Å². The lowest BCUT2D eigenvalue weighted by Crippen LogP contribution is -2.36. The number of nitrogens with zero attached hydrogens (tertiary/aromatic N) is 1. The molecule has 0 saturated carbocycles. The highest BCUT2D eigenvalue weighted by Crippen LogP contribution is 2.33. The molecule has 0 unspecified atom stereocenters. The Balaban J connectivity index is 1.55. The van der Waals surface area contributed by atoms with Gasteiger partial charge in [-0.25, -0.2) is 0 Å². The van der Waals surface area contributed by atoms with Gasteiger partial charge < -0.3 is 9.73 Å². The summed E-state index contributed by atoms with van der Waals surface area (Å²) in [6.07, 6.45) is 5.96. The molecule has 1 N–H and O–H groups in total.